The van der Waals surface area contributed by atoms with Gasteiger partial charge in [-0.05, 0) is 24.6 Å². The van der Waals surface area contributed by atoms with E-state index in [2.05, 4.69) is 22.4 Å². The Bertz CT molecular complexity index is 251. The lowest BCUT2D eigenvalue weighted by atomic mass is 9.95. The lowest BCUT2D eigenvalue weighted by molar-refractivity contribution is 0.117. The standard InChI is InChI=1S/C8H12N2O2S/c1-6-4-10(8(11)12)3-2-7(6)9-5-13/h6-7H,2-4H2,1H3,(H,11,12). The van der Waals surface area contributed by atoms with Crippen molar-refractivity contribution in [2.45, 2.75) is 19.4 Å². The lowest BCUT2D eigenvalue weighted by Gasteiger charge is -2.32. The number of amides is 1. The van der Waals surface area contributed by atoms with Gasteiger partial charge in [-0.2, -0.15) is 0 Å². The first kappa shape index (κ1) is 10.2. The van der Waals surface area contributed by atoms with Crippen LogP contribution >= 0.6 is 12.2 Å². The van der Waals surface area contributed by atoms with Crippen LogP contribution in [0.1, 0.15) is 13.3 Å². The number of nitrogens with zero attached hydrogens (tertiary/aromatic N) is 2. The molecule has 2 atom stereocenters. The van der Waals surface area contributed by atoms with Gasteiger partial charge in [-0.1, -0.05) is 6.92 Å². The summed E-state index contributed by atoms with van der Waals surface area (Å²) in [7, 11) is 0. The van der Waals surface area contributed by atoms with Gasteiger partial charge in [0.1, 0.15) is 0 Å². The third kappa shape index (κ3) is 2.50. The lowest BCUT2D eigenvalue weighted by Crippen LogP contribution is -2.43. The summed E-state index contributed by atoms with van der Waals surface area (Å²) in [6.45, 7) is 3.07. The largest absolute Gasteiger partial charge is 0.465 e. The van der Waals surface area contributed by atoms with Crippen molar-refractivity contribution in [1.82, 2.24) is 4.90 Å². The molecular formula is C8H12N2O2S. The van der Waals surface area contributed by atoms with Crippen LogP contribution in [0.4, 0.5) is 4.79 Å². The minimum atomic E-state index is -0.850. The van der Waals surface area contributed by atoms with E-state index in [1.165, 1.54) is 4.90 Å². The predicted octanol–water partition coefficient (Wildman–Crippen LogP) is 1.48. The monoisotopic (exact) mass is 200 g/mol. The zero-order valence-electron chi connectivity index (χ0n) is 7.43. The number of thiocarbonyl (C=S) groups is 1. The predicted molar refractivity (Wildman–Crippen MR) is 52.2 cm³/mol. The Labute approximate surface area is 82.3 Å². The second kappa shape index (κ2) is 4.35. The fourth-order valence-electron chi connectivity index (χ4n) is 1.57. The van der Waals surface area contributed by atoms with Crippen LogP contribution in [0.5, 0.6) is 0 Å². The molecule has 2 unspecified atom stereocenters. The molecule has 1 saturated heterocycles. The molecule has 1 amide bonds. The second-order valence-electron chi connectivity index (χ2n) is 3.28. The molecule has 0 spiro atoms. The summed E-state index contributed by atoms with van der Waals surface area (Å²) in [6.07, 6.45) is -0.103. The zero-order valence-corrected chi connectivity index (χ0v) is 8.25. The highest BCUT2D eigenvalue weighted by Gasteiger charge is 2.27. The highest BCUT2D eigenvalue weighted by atomic mass is 32.1. The topological polar surface area (TPSA) is 52.9 Å². The van der Waals surface area contributed by atoms with Gasteiger partial charge in [-0.25, -0.2) is 9.79 Å². The van der Waals surface area contributed by atoms with Gasteiger partial charge in [0.25, 0.3) is 0 Å². The van der Waals surface area contributed by atoms with Gasteiger partial charge in [0, 0.05) is 13.1 Å². The van der Waals surface area contributed by atoms with Crippen LogP contribution in [0.3, 0.4) is 0 Å². The molecule has 0 saturated carbocycles. The fourth-order valence-corrected chi connectivity index (χ4v) is 1.70. The minimum absolute atomic E-state index is 0.146. The molecule has 0 aromatic rings. The number of carbonyl (C=O) groups is 1. The fraction of sp³-hybridized carbons (Fsp3) is 0.750. The van der Waals surface area contributed by atoms with Crippen molar-refractivity contribution in [3.8, 4) is 0 Å². The molecule has 1 heterocycles. The highest BCUT2D eigenvalue weighted by molar-refractivity contribution is 7.78. The van der Waals surface area contributed by atoms with Crippen molar-refractivity contribution < 1.29 is 9.90 Å². The molecule has 72 valence electrons. The van der Waals surface area contributed by atoms with Crippen LogP contribution in [0.15, 0.2) is 4.99 Å². The molecule has 1 rings (SSSR count). The Morgan fingerprint density at radius 1 is 1.77 bits per heavy atom. The van der Waals surface area contributed by atoms with E-state index in [0.717, 1.165) is 6.42 Å². The Morgan fingerprint density at radius 3 is 2.92 bits per heavy atom. The summed E-state index contributed by atoms with van der Waals surface area (Å²) in [6, 6.07) is 0.146. The van der Waals surface area contributed by atoms with Crippen LogP contribution in [0, 0.1) is 5.92 Å². The summed E-state index contributed by atoms with van der Waals surface area (Å²) in [4.78, 5) is 16.0. The van der Waals surface area contributed by atoms with E-state index < -0.39 is 6.09 Å². The van der Waals surface area contributed by atoms with E-state index in [9.17, 15) is 4.79 Å². The van der Waals surface area contributed by atoms with E-state index in [1.54, 1.807) is 0 Å². The number of aliphatic imine (C=N–C) groups is 1. The quantitative estimate of drug-likeness (QED) is 0.515. The molecule has 1 aliphatic rings. The van der Waals surface area contributed by atoms with Crippen LogP contribution in [-0.2, 0) is 0 Å². The van der Waals surface area contributed by atoms with E-state index in [1.807, 2.05) is 6.92 Å². The van der Waals surface area contributed by atoms with Crippen LogP contribution in [0.25, 0.3) is 0 Å². The van der Waals surface area contributed by atoms with E-state index in [4.69, 9.17) is 5.11 Å². The first-order chi connectivity index (χ1) is 6.15. The summed E-state index contributed by atoms with van der Waals surface area (Å²) in [5, 5.41) is 11.1. The first-order valence-electron chi connectivity index (χ1n) is 4.20. The van der Waals surface area contributed by atoms with Gasteiger partial charge in [0.15, 0.2) is 0 Å². The molecule has 4 nitrogen and oxygen atoms in total. The Morgan fingerprint density at radius 2 is 2.46 bits per heavy atom. The first-order valence-corrected chi connectivity index (χ1v) is 4.61. The van der Waals surface area contributed by atoms with Crippen LogP contribution < -0.4 is 0 Å². The van der Waals surface area contributed by atoms with Gasteiger partial charge in [0.05, 0.1) is 11.2 Å². The van der Waals surface area contributed by atoms with E-state index in [-0.39, 0.29) is 12.0 Å². The number of isothiocyanates is 1. The van der Waals surface area contributed by atoms with Crippen molar-refractivity contribution >= 4 is 23.5 Å². The maximum atomic E-state index is 10.6. The molecule has 13 heavy (non-hydrogen) atoms. The molecule has 1 N–H and O–H groups in total. The highest BCUT2D eigenvalue weighted by Crippen LogP contribution is 2.19. The Kier molecular flexibility index (Phi) is 3.39. The average molecular weight is 200 g/mol. The molecule has 0 radical (unpaired) electrons. The van der Waals surface area contributed by atoms with E-state index in [0.29, 0.717) is 13.1 Å². The molecule has 1 aliphatic heterocycles. The molecule has 0 aliphatic carbocycles. The van der Waals surface area contributed by atoms with Gasteiger partial charge < -0.3 is 10.0 Å². The molecular weight excluding hydrogens is 188 g/mol. The Balaban J connectivity index is 2.56. The second-order valence-corrected chi connectivity index (χ2v) is 3.46. The number of hydrogen-bond acceptors (Lipinski definition) is 3. The SMILES string of the molecule is CC1CN(C(=O)O)CCC1N=C=S. The number of piperidine rings is 1. The number of rotatable bonds is 1. The Hall–Kier alpha value is -0.930. The van der Waals surface area contributed by atoms with Crippen molar-refractivity contribution in [1.29, 1.82) is 0 Å². The molecule has 1 fully saturated rings. The van der Waals surface area contributed by atoms with Gasteiger partial charge in [0.2, 0.25) is 0 Å². The minimum Gasteiger partial charge on any atom is -0.465 e. The van der Waals surface area contributed by atoms with Crippen LogP contribution in [0.2, 0.25) is 0 Å². The van der Waals surface area contributed by atoms with Crippen molar-refractivity contribution in [2.75, 3.05) is 13.1 Å². The number of likely N-dealkylation sites (tertiary alicyclic amines) is 1. The summed E-state index contributed by atoms with van der Waals surface area (Å²) < 4.78 is 0. The molecule has 0 bridgehead atoms. The van der Waals surface area contributed by atoms with E-state index >= 15 is 0 Å². The van der Waals surface area contributed by atoms with Gasteiger partial charge in [-0.15, -0.1) is 0 Å². The maximum Gasteiger partial charge on any atom is 0.407 e. The molecule has 0 aromatic carbocycles. The summed E-state index contributed by atoms with van der Waals surface area (Å²) >= 11 is 4.52. The van der Waals surface area contributed by atoms with Crippen LogP contribution in [-0.4, -0.2) is 40.4 Å². The van der Waals surface area contributed by atoms with Crippen molar-refractivity contribution in [2.24, 2.45) is 10.9 Å². The summed E-state index contributed by atoms with van der Waals surface area (Å²) in [5.74, 6) is 0.236. The van der Waals surface area contributed by atoms with Crippen molar-refractivity contribution in [3.63, 3.8) is 0 Å². The average Bonchev–Trinajstić information content (AvgIpc) is 2.08. The summed E-state index contributed by atoms with van der Waals surface area (Å²) in [5.41, 5.74) is 0. The zero-order chi connectivity index (χ0) is 9.84. The van der Waals surface area contributed by atoms with Crippen molar-refractivity contribution in [3.05, 3.63) is 0 Å². The number of carboxylic acid groups (broad SMARTS) is 1. The third-order valence-electron chi connectivity index (χ3n) is 2.35. The van der Waals surface area contributed by atoms with Gasteiger partial charge >= 0.3 is 6.09 Å². The molecule has 5 heteroatoms. The normalized spacial score (nSPS) is 27.9. The smallest absolute Gasteiger partial charge is 0.407 e. The number of hydrogen-bond donors (Lipinski definition) is 1. The maximum absolute atomic E-state index is 10.6. The third-order valence-corrected chi connectivity index (χ3v) is 2.45. The molecule has 0 aromatic heterocycles. The van der Waals surface area contributed by atoms with Gasteiger partial charge in [-0.3, -0.25) is 0 Å².